The van der Waals surface area contributed by atoms with Crippen LogP contribution in [-0.2, 0) is 0 Å². The van der Waals surface area contributed by atoms with E-state index in [1.807, 2.05) is 24.3 Å². The maximum absolute atomic E-state index is 12.4. The van der Waals surface area contributed by atoms with Crippen LogP contribution in [0.1, 0.15) is 30.7 Å². The van der Waals surface area contributed by atoms with E-state index in [-0.39, 0.29) is 17.5 Å². The van der Waals surface area contributed by atoms with Gasteiger partial charge in [-0.15, -0.1) is 0 Å². The van der Waals surface area contributed by atoms with Crippen LogP contribution in [0.25, 0.3) is 11.0 Å². The van der Waals surface area contributed by atoms with E-state index in [1.54, 1.807) is 0 Å². The molecule has 0 bridgehead atoms. The summed E-state index contributed by atoms with van der Waals surface area (Å²) in [7, 11) is 0. The first-order valence-corrected chi connectivity index (χ1v) is 6.07. The number of fused-ring (bicyclic) bond motifs is 4. The van der Waals surface area contributed by atoms with Crippen LogP contribution in [0.4, 0.5) is 0 Å². The molecule has 4 rings (SSSR count). The molecule has 1 aliphatic heterocycles. The van der Waals surface area contributed by atoms with Crippen molar-refractivity contribution >= 4 is 11.0 Å². The van der Waals surface area contributed by atoms with Gasteiger partial charge in [-0.05, 0) is 31.4 Å². The van der Waals surface area contributed by atoms with Gasteiger partial charge in [-0.2, -0.15) is 0 Å². The molecule has 17 heavy (non-hydrogen) atoms. The number of hydrogen-bond acceptors (Lipinski definition) is 3. The number of benzene rings is 1. The summed E-state index contributed by atoms with van der Waals surface area (Å²) in [5, 5.41) is 0.669. The molecular formula is C14H12O3. The second-order valence-corrected chi connectivity index (χ2v) is 4.82. The third kappa shape index (κ3) is 1.14. The highest BCUT2D eigenvalue weighted by atomic mass is 16.6. The molecule has 0 amide bonds. The molecule has 0 unspecified atom stereocenters. The van der Waals surface area contributed by atoms with E-state index >= 15 is 0 Å². The minimum atomic E-state index is 0.0938. The van der Waals surface area contributed by atoms with Crippen molar-refractivity contribution in [2.75, 3.05) is 0 Å². The topological polar surface area (TPSA) is 39.4 Å². The molecule has 3 nitrogen and oxygen atoms in total. The Balaban J connectivity index is 2.06. The highest BCUT2D eigenvalue weighted by Crippen LogP contribution is 2.46. The molecule has 2 aromatic rings. The second-order valence-electron chi connectivity index (χ2n) is 4.82. The van der Waals surface area contributed by atoms with E-state index in [2.05, 4.69) is 0 Å². The zero-order valence-corrected chi connectivity index (χ0v) is 9.31. The summed E-state index contributed by atoms with van der Waals surface area (Å²) in [4.78, 5) is 12.4. The number of rotatable bonds is 0. The number of para-hydroxylation sites is 1. The van der Waals surface area contributed by atoms with Gasteiger partial charge >= 0.3 is 0 Å². The van der Waals surface area contributed by atoms with Crippen molar-refractivity contribution in [3.05, 3.63) is 40.1 Å². The van der Waals surface area contributed by atoms with Crippen LogP contribution in [-0.4, -0.2) is 6.10 Å². The van der Waals surface area contributed by atoms with E-state index in [1.165, 1.54) is 0 Å². The van der Waals surface area contributed by atoms with Crippen LogP contribution in [0.3, 0.4) is 0 Å². The number of ether oxygens (including phenoxy) is 1. The molecule has 2 aliphatic rings. The average Bonchev–Trinajstić information content (AvgIpc) is 2.89. The van der Waals surface area contributed by atoms with Gasteiger partial charge < -0.3 is 9.15 Å². The summed E-state index contributed by atoms with van der Waals surface area (Å²) in [6.07, 6.45) is 3.38. The lowest BCUT2D eigenvalue weighted by Crippen LogP contribution is -2.14. The summed E-state index contributed by atoms with van der Waals surface area (Å²) in [5.41, 5.74) is 1.48. The summed E-state index contributed by atoms with van der Waals surface area (Å²) in [6, 6.07) is 7.37. The molecule has 0 saturated heterocycles. The van der Waals surface area contributed by atoms with Crippen LogP contribution in [0, 0.1) is 0 Å². The van der Waals surface area contributed by atoms with Gasteiger partial charge in [0.05, 0.1) is 10.9 Å². The Morgan fingerprint density at radius 3 is 3.00 bits per heavy atom. The normalized spacial score (nSPS) is 25.6. The van der Waals surface area contributed by atoms with Crippen molar-refractivity contribution in [2.24, 2.45) is 0 Å². The third-order valence-corrected chi connectivity index (χ3v) is 3.88. The van der Waals surface area contributed by atoms with Crippen molar-refractivity contribution in [3.8, 4) is 5.95 Å². The fraction of sp³-hybridized carbons (Fsp3) is 0.357. The van der Waals surface area contributed by atoms with Crippen LogP contribution in [0.2, 0.25) is 0 Å². The summed E-state index contributed by atoms with van der Waals surface area (Å²) in [5.74, 6) is 0.717. The van der Waals surface area contributed by atoms with Crippen LogP contribution in [0.15, 0.2) is 33.5 Å². The van der Waals surface area contributed by atoms with E-state index < -0.39 is 0 Å². The Labute approximate surface area is 98.0 Å². The van der Waals surface area contributed by atoms with Crippen LogP contribution in [0.5, 0.6) is 5.95 Å². The summed E-state index contributed by atoms with van der Waals surface area (Å²) in [6.45, 7) is 0. The molecular weight excluding hydrogens is 216 g/mol. The first-order chi connectivity index (χ1) is 8.34. The molecule has 0 radical (unpaired) electrons. The lowest BCUT2D eigenvalue weighted by atomic mass is 9.98. The molecule has 1 aliphatic carbocycles. The fourth-order valence-corrected chi connectivity index (χ4v) is 3.08. The van der Waals surface area contributed by atoms with E-state index in [9.17, 15) is 4.79 Å². The van der Waals surface area contributed by atoms with Gasteiger partial charge in [-0.25, -0.2) is 0 Å². The standard InChI is InChI=1S/C14H12O3/c15-13-9-4-1-2-6-11(9)17-14-12(13)8-5-3-7-10(8)16-14/h1-2,4,6,8,10H,3,5,7H2/t8-,10+/m1/s1. The maximum Gasteiger partial charge on any atom is 0.292 e. The Kier molecular flexibility index (Phi) is 1.71. The minimum Gasteiger partial charge on any atom is -0.461 e. The van der Waals surface area contributed by atoms with Gasteiger partial charge in [0.25, 0.3) is 5.95 Å². The molecule has 2 heterocycles. The van der Waals surface area contributed by atoms with Crippen molar-refractivity contribution in [1.29, 1.82) is 0 Å². The van der Waals surface area contributed by atoms with Crippen LogP contribution < -0.4 is 10.2 Å². The molecule has 1 saturated carbocycles. The molecule has 1 aromatic heterocycles. The molecule has 2 atom stereocenters. The highest BCUT2D eigenvalue weighted by Gasteiger charge is 2.42. The Morgan fingerprint density at radius 2 is 2.06 bits per heavy atom. The predicted octanol–water partition coefficient (Wildman–Crippen LogP) is 2.82. The van der Waals surface area contributed by atoms with Gasteiger partial charge in [0, 0.05) is 5.92 Å². The Bertz CT molecular complexity index is 656. The van der Waals surface area contributed by atoms with Gasteiger partial charge in [-0.1, -0.05) is 12.1 Å². The molecule has 0 spiro atoms. The van der Waals surface area contributed by atoms with Gasteiger partial charge in [0.2, 0.25) is 0 Å². The van der Waals surface area contributed by atoms with E-state index in [0.29, 0.717) is 16.9 Å². The average molecular weight is 228 g/mol. The van der Waals surface area contributed by atoms with Crippen LogP contribution >= 0.6 is 0 Å². The maximum atomic E-state index is 12.4. The molecule has 3 heteroatoms. The lowest BCUT2D eigenvalue weighted by Gasteiger charge is -2.05. The van der Waals surface area contributed by atoms with Crippen molar-refractivity contribution < 1.29 is 9.15 Å². The zero-order chi connectivity index (χ0) is 11.4. The summed E-state index contributed by atoms with van der Waals surface area (Å²) >= 11 is 0. The Morgan fingerprint density at radius 1 is 1.18 bits per heavy atom. The first kappa shape index (κ1) is 9.28. The SMILES string of the molecule is O=c1c2c(oc3ccccc13)O[C@H]1CCC[C@@H]21. The van der Waals surface area contributed by atoms with E-state index in [0.717, 1.165) is 24.8 Å². The van der Waals surface area contributed by atoms with Crippen molar-refractivity contribution in [2.45, 2.75) is 31.3 Å². The monoisotopic (exact) mass is 228 g/mol. The smallest absolute Gasteiger partial charge is 0.292 e. The first-order valence-electron chi connectivity index (χ1n) is 6.07. The van der Waals surface area contributed by atoms with Gasteiger partial charge in [0.1, 0.15) is 11.7 Å². The van der Waals surface area contributed by atoms with Gasteiger partial charge in [-0.3, -0.25) is 4.79 Å². The minimum absolute atomic E-state index is 0.0938. The van der Waals surface area contributed by atoms with Crippen molar-refractivity contribution in [1.82, 2.24) is 0 Å². The highest BCUT2D eigenvalue weighted by molar-refractivity contribution is 5.78. The third-order valence-electron chi connectivity index (χ3n) is 3.88. The number of hydrogen-bond donors (Lipinski definition) is 0. The van der Waals surface area contributed by atoms with Gasteiger partial charge in [0.15, 0.2) is 5.43 Å². The summed E-state index contributed by atoms with van der Waals surface area (Å²) < 4.78 is 11.5. The zero-order valence-electron chi connectivity index (χ0n) is 9.31. The second kappa shape index (κ2) is 3.13. The fourth-order valence-electron chi connectivity index (χ4n) is 3.08. The predicted molar refractivity (Wildman–Crippen MR) is 63.5 cm³/mol. The Hall–Kier alpha value is -1.77. The van der Waals surface area contributed by atoms with E-state index in [4.69, 9.17) is 9.15 Å². The molecule has 86 valence electrons. The lowest BCUT2D eigenvalue weighted by molar-refractivity contribution is 0.184. The molecule has 1 fully saturated rings. The van der Waals surface area contributed by atoms with Crippen molar-refractivity contribution in [3.63, 3.8) is 0 Å². The quantitative estimate of drug-likeness (QED) is 0.696. The molecule has 1 aromatic carbocycles. The largest absolute Gasteiger partial charge is 0.461 e. The molecule has 0 N–H and O–H groups in total.